The minimum absolute atomic E-state index is 0.473. The van der Waals surface area contributed by atoms with E-state index >= 15 is 0 Å². The molecule has 6 heteroatoms. The third kappa shape index (κ3) is 1.44. The largest absolute Gasteiger partial charge is 0.397 e. The van der Waals surface area contributed by atoms with Gasteiger partial charge in [0.15, 0.2) is 0 Å². The van der Waals surface area contributed by atoms with E-state index in [4.69, 9.17) is 10.3 Å². The van der Waals surface area contributed by atoms with Crippen LogP contribution in [-0.2, 0) is 0 Å². The number of aromatic nitrogens is 2. The summed E-state index contributed by atoms with van der Waals surface area (Å²) in [6.07, 6.45) is 0. The molecule has 0 aliphatic carbocycles. The van der Waals surface area contributed by atoms with Crippen molar-refractivity contribution in [2.24, 2.45) is 0 Å². The highest BCUT2D eigenvalue weighted by Gasteiger charge is 2.13. The van der Waals surface area contributed by atoms with Crippen molar-refractivity contribution in [3.05, 3.63) is 11.4 Å². The van der Waals surface area contributed by atoms with Crippen LogP contribution in [0.25, 0.3) is 10.8 Å². The number of rotatable bonds is 2. The zero-order valence-electron chi connectivity index (χ0n) is 7.89. The van der Waals surface area contributed by atoms with Gasteiger partial charge in [-0.1, -0.05) is 0 Å². The van der Waals surface area contributed by atoms with Crippen molar-refractivity contribution < 1.29 is 4.52 Å². The molecule has 5 nitrogen and oxygen atoms in total. The Bertz CT molecular complexity index is 434. The summed E-state index contributed by atoms with van der Waals surface area (Å²) in [7, 11) is 3.71. The Balaban J connectivity index is 2.39. The summed E-state index contributed by atoms with van der Waals surface area (Å²) in [6, 6.07) is 1.82. The molecule has 14 heavy (non-hydrogen) atoms. The highest BCUT2D eigenvalue weighted by molar-refractivity contribution is 7.14. The number of hydrogen-bond donors (Lipinski definition) is 1. The molecule has 0 spiro atoms. The molecule has 2 heterocycles. The van der Waals surface area contributed by atoms with Gasteiger partial charge in [0, 0.05) is 14.1 Å². The summed E-state index contributed by atoms with van der Waals surface area (Å²) in [4.78, 5) is 6.79. The Hall–Kier alpha value is -1.56. The van der Waals surface area contributed by atoms with E-state index in [0.717, 1.165) is 4.88 Å². The fourth-order valence-electron chi connectivity index (χ4n) is 0.983. The number of nitrogen functional groups attached to an aromatic ring is 1. The lowest BCUT2D eigenvalue weighted by atomic mass is 10.4. The average Bonchev–Trinajstić information content (AvgIpc) is 2.71. The quantitative estimate of drug-likeness (QED) is 0.812. The Labute approximate surface area is 85.1 Å². The lowest BCUT2D eigenvalue weighted by Crippen LogP contribution is -2.09. The van der Waals surface area contributed by atoms with E-state index in [9.17, 15) is 0 Å². The van der Waals surface area contributed by atoms with Gasteiger partial charge in [0.2, 0.25) is 0 Å². The molecule has 0 saturated carbocycles. The van der Waals surface area contributed by atoms with Crippen molar-refractivity contribution in [3.63, 3.8) is 0 Å². The maximum absolute atomic E-state index is 5.73. The van der Waals surface area contributed by atoms with Crippen molar-refractivity contribution >= 4 is 23.0 Å². The first kappa shape index (κ1) is 9.01. The third-order valence-electron chi connectivity index (χ3n) is 1.71. The monoisotopic (exact) mass is 210 g/mol. The van der Waals surface area contributed by atoms with Crippen molar-refractivity contribution in [1.29, 1.82) is 0 Å². The molecule has 2 rings (SSSR count). The minimum atomic E-state index is 0.473. The van der Waals surface area contributed by atoms with Crippen LogP contribution >= 0.6 is 11.3 Å². The second-order valence-electron chi connectivity index (χ2n) is 3.00. The lowest BCUT2D eigenvalue weighted by Gasteiger charge is -2.02. The number of hydrogen-bond acceptors (Lipinski definition) is 6. The van der Waals surface area contributed by atoms with Crippen LogP contribution in [0.2, 0.25) is 0 Å². The van der Waals surface area contributed by atoms with Gasteiger partial charge in [0.1, 0.15) is 4.88 Å². The van der Waals surface area contributed by atoms with Crippen LogP contribution < -0.4 is 10.6 Å². The molecule has 2 aromatic heterocycles. The summed E-state index contributed by atoms with van der Waals surface area (Å²) in [5.41, 5.74) is 6.40. The van der Waals surface area contributed by atoms with Crippen LogP contribution in [-0.4, -0.2) is 24.2 Å². The maximum Gasteiger partial charge on any atom is 0.271 e. The van der Waals surface area contributed by atoms with Crippen molar-refractivity contribution in [1.82, 2.24) is 10.1 Å². The summed E-state index contributed by atoms with van der Waals surface area (Å²) < 4.78 is 5.08. The van der Waals surface area contributed by atoms with E-state index in [1.54, 1.807) is 4.90 Å². The summed E-state index contributed by atoms with van der Waals surface area (Å²) in [6.45, 7) is 0. The predicted octanol–water partition coefficient (Wildman–Crippen LogP) is 1.45. The van der Waals surface area contributed by atoms with Crippen molar-refractivity contribution in [2.75, 3.05) is 24.7 Å². The molecule has 0 aromatic carbocycles. The van der Waals surface area contributed by atoms with Gasteiger partial charge >= 0.3 is 0 Å². The standard InChI is InChI=1S/C8H10N4OS/c1-12(2)8-10-7(13-11-8)6-5(9)3-4-14-6/h3-4H,9H2,1-2H3. The first-order valence-electron chi connectivity index (χ1n) is 4.03. The van der Waals surface area contributed by atoms with Crippen LogP contribution in [0.4, 0.5) is 11.6 Å². The Morgan fingerprint density at radius 3 is 2.79 bits per heavy atom. The molecule has 0 radical (unpaired) electrons. The summed E-state index contributed by atoms with van der Waals surface area (Å²) >= 11 is 1.49. The minimum Gasteiger partial charge on any atom is -0.397 e. The molecular formula is C8H10N4OS. The van der Waals surface area contributed by atoms with Crippen LogP contribution in [0.5, 0.6) is 0 Å². The smallest absolute Gasteiger partial charge is 0.271 e. The van der Waals surface area contributed by atoms with Gasteiger partial charge in [-0.2, -0.15) is 4.98 Å². The number of nitrogens with two attached hydrogens (primary N) is 1. The second kappa shape index (κ2) is 3.30. The predicted molar refractivity (Wildman–Crippen MR) is 56.4 cm³/mol. The normalized spacial score (nSPS) is 10.4. The molecule has 0 amide bonds. The molecule has 0 aliphatic rings. The number of nitrogens with zero attached hydrogens (tertiary/aromatic N) is 3. The zero-order valence-corrected chi connectivity index (χ0v) is 8.71. The van der Waals surface area contributed by atoms with Crippen LogP contribution in [0, 0.1) is 0 Å². The molecule has 2 aromatic rings. The van der Waals surface area contributed by atoms with Gasteiger partial charge in [0.25, 0.3) is 11.8 Å². The molecular weight excluding hydrogens is 200 g/mol. The third-order valence-corrected chi connectivity index (χ3v) is 2.62. The first-order chi connectivity index (χ1) is 6.68. The van der Waals surface area contributed by atoms with Gasteiger partial charge in [-0.3, -0.25) is 0 Å². The summed E-state index contributed by atoms with van der Waals surface area (Å²) in [5.74, 6) is 1.02. The number of anilines is 2. The second-order valence-corrected chi connectivity index (χ2v) is 3.92. The van der Waals surface area contributed by atoms with Gasteiger partial charge in [-0.25, -0.2) is 0 Å². The van der Waals surface area contributed by atoms with E-state index in [-0.39, 0.29) is 0 Å². The van der Waals surface area contributed by atoms with Crippen LogP contribution in [0.1, 0.15) is 0 Å². The molecule has 0 atom stereocenters. The lowest BCUT2D eigenvalue weighted by molar-refractivity contribution is 0.432. The highest BCUT2D eigenvalue weighted by atomic mass is 32.1. The Morgan fingerprint density at radius 2 is 2.29 bits per heavy atom. The van der Waals surface area contributed by atoms with Gasteiger partial charge in [-0.05, 0) is 16.6 Å². The van der Waals surface area contributed by atoms with Gasteiger partial charge < -0.3 is 15.2 Å². The van der Waals surface area contributed by atoms with Gasteiger partial charge in [0.05, 0.1) is 5.69 Å². The molecule has 0 fully saturated rings. The van der Waals surface area contributed by atoms with E-state index in [1.165, 1.54) is 11.3 Å². The van der Waals surface area contributed by atoms with Crippen molar-refractivity contribution in [3.8, 4) is 10.8 Å². The summed E-state index contributed by atoms with van der Waals surface area (Å²) in [5, 5.41) is 5.70. The first-order valence-corrected chi connectivity index (χ1v) is 4.91. The van der Waals surface area contributed by atoms with E-state index in [0.29, 0.717) is 17.5 Å². The van der Waals surface area contributed by atoms with Crippen LogP contribution in [0.15, 0.2) is 16.0 Å². The molecule has 0 bridgehead atoms. The SMILES string of the molecule is CN(C)c1noc(-c2sccc2N)n1. The van der Waals surface area contributed by atoms with Gasteiger partial charge in [-0.15, -0.1) is 11.3 Å². The maximum atomic E-state index is 5.73. The molecule has 74 valence electrons. The average molecular weight is 210 g/mol. The van der Waals surface area contributed by atoms with E-state index in [1.807, 2.05) is 25.5 Å². The fourth-order valence-corrected chi connectivity index (χ4v) is 1.72. The topological polar surface area (TPSA) is 68.2 Å². The Kier molecular flexibility index (Phi) is 2.12. The highest BCUT2D eigenvalue weighted by Crippen LogP contribution is 2.30. The zero-order chi connectivity index (χ0) is 10.1. The molecule has 0 unspecified atom stereocenters. The number of thiophene rings is 1. The molecule has 0 aliphatic heterocycles. The fraction of sp³-hybridized carbons (Fsp3) is 0.250. The molecule has 2 N–H and O–H groups in total. The van der Waals surface area contributed by atoms with Crippen LogP contribution in [0.3, 0.4) is 0 Å². The van der Waals surface area contributed by atoms with E-state index in [2.05, 4.69) is 10.1 Å². The molecule has 0 saturated heterocycles. The Morgan fingerprint density at radius 1 is 1.50 bits per heavy atom. The van der Waals surface area contributed by atoms with Crippen molar-refractivity contribution in [2.45, 2.75) is 0 Å². The van der Waals surface area contributed by atoms with E-state index < -0.39 is 0 Å².